The second kappa shape index (κ2) is 7.09. The van der Waals surface area contributed by atoms with E-state index in [0.29, 0.717) is 0 Å². The molecular weight excluding hydrogens is 426 g/mol. The summed E-state index contributed by atoms with van der Waals surface area (Å²) in [6, 6.07) is 3.56. The Bertz CT molecular complexity index is 1250. The van der Waals surface area contributed by atoms with Crippen molar-refractivity contribution in [3.8, 4) is 11.3 Å². The summed E-state index contributed by atoms with van der Waals surface area (Å²) < 4.78 is 55.5. The number of alkyl halides is 3. The van der Waals surface area contributed by atoms with Crippen LogP contribution in [-0.4, -0.2) is 22.1 Å². The molecule has 0 aliphatic heterocycles. The molecule has 2 heterocycles. The lowest BCUT2D eigenvalue weighted by molar-refractivity contribution is -0.180. The molecule has 0 saturated heterocycles. The molecule has 0 bridgehead atoms. The number of nitrogens with zero attached hydrogens (tertiary/aromatic N) is 1. The quantitative estimate of drug-likeness (QED) is 0.581. The SMILES string of the molecule is Cc1cc(C(C)(C)C(F)(F)F)c(Cl)c(F)c1-c1cc(=O)c2c(C(N)=O)nccc2[nH]1. The summed E-state index contributed by atoms with van der Waals surface area (Å²) >= 11 is 6.00. The van der Waals surface area contributed by atoms with Gasteiger partial charge in [0.2, 0.25) is 0 Å². The van der Waals surface area contributed by atoms with Gasteiger partial charge in [0.05, 0.1) is 27.0 Å². The van der Waals surface area contributed by atoms with Crippen LogP contribution < -0.4 is 11.2 Å². The van der Waals surface area contributed by atoms with Gasteiger partial charge in [0.15, 0.2) is 11.2 Å². The first-order valence-electron chi connectivity index (χ1n) is 8.65. The molecular formula is C20H16ClF4N3O2. The molecule has 1 aromatic carbocycles. The van der Waals surface area contributed by atoms with Crippen LogP contribution in [0.1, 0.15) is 35.5 Å². The Balaban J connectivity index is 2.30. The lowest BCUT2D eigenvalue weighted by atomic mass is 9.82. The normalized spacial score (nSPS) is 12.4. The van der Waals surface area contributed by atoms with Gasteiger partial charge in [-0.05, 0) is 38.0 Å². The number of carbonyl (C=O) groups is 1. The minimum Gasteiger partial charge on any atom is -0.364 e. The van der Waals surface area contributed by atoms with Crippen LogP contribution in [-0.2, 0) is 5.41 Å². The van der Waals surface area contributed by atoms with Gasteiger partial charge in [-0.3, -0.25) is 14.6 Å². The maximum Gasteiger partial charge on any atom is 0.397 e. The predicted octanol–water partition coefficient (Wildman–Crippen LogP) is 4.63. The molecule has 3 rings (SSSR count). The van der Waals surface area contributed by atoms with Crippen LogP contribution in [0, 0.1) is 12.7 Å². The summed E-state index contributed by atoms with van der Waals surface area (Å²) in [6.07, 6.45) is -3.42. The topological polar surface area (TPSA) is 88.8 Å². The number of carbonyl (C=O) groups excluding carboxylic acids is 1. The molecule has 5 nitrogen and oxygen atoms in total. The van der Waals surface area contributed by atoms with Gasteiger partial charge in [-0.1, -0.05) is 17.7 Å². The number of benzene rings is 1. The summed E-state index contributed by atoms with van der Waals surface area (Å²) in [7, 11) is 0. The second-order valence-corrected chi connectivity index (χ2v) is 7.74. The van der Waals surface area contributed by atoms with Crippen LogP contribution >= 0.6 is 11.6 Å². The summed E-state index contributed by atoms with van der Waals surface area (Å²) in [5.41, 5.74) is 1.65. The number of H-pyrrole nitrogens is 1. The van der Waals surface area contributed by atoms with Gasteiger partial charge in [-0.2, -0.15) is 13.2 Å². The van der Waals surface area contributed by atoms with Crippen LogP contribution in [0.5, 0.6) is 0 Å². The summed E-state index contributed by atoms with van der Waals surface area (Å²) in [5, 5.41) is -0.765. The molecule has 158 valence electrons. The van der Waals surface area contributed by atoms with Crippen LogP contribution in [0.3, 0.4) is 0 Å². The first-order valence-corrected chi connectivity index (χ1v) is 9.03. The van der Waals surface area contributed by atoms with Crippen LogP contribution in [0.4, 0.5) is 17.6 Å². The van der Waals surface area contributed by atoms with Crippen molar-refractivity contribution < 1.29 is 22.4 Å². The number of aryl methyl sites for hydroxylation is 1. The standard InChI is InChI=1S/C20H16ClF4N3O2/c1-8-6-9(19(2,3)20(23,24)25)15(21)16(22)13(8)11-7-12(29)14-10(28-11)4-5-27-17(14)18(26)30/h4-7H,1-3H3,(H2,26,30)(H,28,29). The number of amides is 1. The monoisotopic (exact) mass is 441 g/mol. The fraction of sp³-hybridized carbons (Fsp3) is 0.250. The highest BCUT2D eigenvalue weighted by atomic mass is 35.5. The van der Waals surface area contributed by atoms with E-state index in [1.807, 2.05) is 0 Å². The number of rotatable bonds is 3. The Morgan fingerprint density at radius 3 is 2.43 bits per heavy atom. The first kappa shape index (κ1) is 21.8. The largest absolute Gasteiger partial charge is 0.397 e. The maximum atomic E-state index is 15.2. The fourth-order valence-corrected chi connectivity index (χ4v) is 3.60. The summed E-state index contributed by atoms with van der Waals surface area (Å²) in [6.45, 7) is 3.22. The number of nitrogens with one attached hydrogen (secondary N) is 1. The third-order valence-electron chi connectivity index (χ3n) is 5.03. The van der Waals surface area contributed by atoms with Gasteiger partial charge in [0, 0.05) is 17.8 Å². The first-order chi connectivity index (χ1) is 13.8. The number of hydrogen-bond donors (Lipinski definition) is 2. The van der Waals surface area contributed by atoms with Gasteiger partial charge in [-0.25, -0.2) is 4.39 Å². The minimum absolute atomic E-state index is 0.0117. The number of aromatic nitrogens is 2. The summed E-state index contributed by atoms with van der Waals surface area (Å²) in [5.74, 6) is -2.01. The van der Waals surface area contributed by atoms with Crippen molar-refractivity contribution in [2.45, 2.75) is 32.4 Å². The Labute approximate surface area is 172 Å². The number of aromatic amines is 1. The highest BCUT2D eigenvalue weighted by molar-refractivity contribution is 6.32. The molecule has 10 heteroatoms. The molecule has 0 spiro atoms. The number of nitrogens with two attached hydrogens (primary N) is 1. The van der Waals surface area contributed by atoms with E-state index in [-0.39, 0.29) is 33.4 Å². The van der Waals surface area contributed by atoms with E-state index in [4.69, 9.17) is 17.3 Å². The molecule has 3 N–H and O–H groups in total. The zero-order valence-electron chi connectivity index (χ0n) is 16.0. The number of hydrogen-bond acceptors (Lipinski definition) is 3. The molecule has 3 aromatic rings. The van der Waals surface area contributed by atoms with E-state index < -0.39 is 39.3 Å². The Morgan fingerprint density at radius 1 is 1.23 bits per heavy atom. The zero-order valence-corrected chi connectivity index (χ0v) is 16.8. The van der Waals surface area contributed by atoms with Crippen molar-refractivity contribution in [2.24, 2.45) is 5.73 Å². The molecule has 2 aromatic heterocycles. The van der Waals surface area contributed by atoms with Gasteiger partial charge >= 0.3 is 6.18 Å². The Hall–Kier alpha value is -2.94. The minimum atomic E-state index is -4.66. The predicted molar refractivity (Wildman–Crippen MR) is 105 cm³/mol. The average Bonchev–Trinajstić information content (AvgIpc) is 2.63. The van der Waals surface area contributed by atoms with E-state index in [1.165, 1.54) is 19.2 Å². The zero-order chi connectivity index (χ0) is 22.6. The Morgan fingerprint density at radius 2 is 1.87 bits per heavy atom. The summed E-state index contributed by atoms with van der Waals surface area (Å²) in [4.78, 5) is 30.7. The maximum absolute atomic E-state index is 15.2. The third kappa shape index (κ3) is 3.32. The van der Waals surface area contributed by atoms with Gasteiger partial charge in [0.25, 0.3) is 5.91 Å². The average molecular weight is 442 g/mol. The van der Waals surface area contributed by atoms with Crippen LogP contribution in [0.2, 0.25) is 5.02 Å². The van der Waals surface area contributed by atoms with Gasteiger partial charge < -0.3 is 10.7 Å². The molecule has 0 fully saturated rings. The molecule has 0 atom stereocenters. The molecule has 0 aliphatic carbocycles. The van der Waals surface area contributed by atoms with Crippen molar-refractivity contribution in [1.82, 2.24) is 9.97 Å². The van der Waals surface area contributed by atoms with Gasteiger partial charge in [0.1, 0.15) is 5.69 Å². The van der Waals surface area contributed by atoms with E-state index in [0.717, 1.165) is 26.0 Å². The Kier molecular flexibility index (Phi) is 5.14. The second-order valence-electron chi connectivity index (χ2n) is 7.36. The van der Waals surface area contributed by atoms with Crippen molar-refractivity contribution in [2.75, 3.05) is 0 Å². The molecule has 0 saturated carbocycles. The third-order valence-corrected chi connectivity index (χ3v) is 5.40. The number of fused-ring (bicyclic) bond motifs is 1. The number of halogens is 5. The van der Waals surface area contributed by atoms with E-state index in [9.17, 15) is 22.8 Å². The van der Waals surface area contributed by atoms with E-state index in [1.54, 1.807) is 0 Å². The van der Waals surface area contributed by atoms with Crippen LogP contribution in [0.15, 0.2) is 29.2 Å². The smallest absolute Gasteiger partial charge is 0.364 e. The fourth-order valence-electron chi connectivity index (χ4n) is 3.21. The number of pyridine rings is 2. The van der Waals surface area contributed by atoms with E-state index in [2.05, 4.69) is 9.97 Å². The highest BCUT2D eigenvalue weighted by Gasteiger charge is 2.50. The highest BCUT2D eigenvalue weighted by Crippen LogP contribution is 2.45. The van der Waals surface area contributed by atoms with Crippen molar-refractivity contribution in [3.05, 3.63) is 62.3 Å². The lowest BCUT2D eigenvalue weighted by Gasteiger charge is -2.30. The van der Waals surface area contributed by atoms with Crippen molar-refractivity contribution in [3.63, 3.8) is 0 Å². The molecule has 30 heavy (non-hydrogen) atoms. The lowest BCUT2D eigenvalue weighted by Crippen LogP contribution is -2.37. The number of primary amides is 1. The molecule has 0 unspecified atom stereocenters. The molecule has 0 radical (unpaired) electrons. The van der Waals surface area contributed by atoms with Gasteiger partial charge in [-0.15, -0.1) is 0 Å². The van der Waals surface area contributed by atoms with Crippen LogP contribution in [0.25, 0.3) is 22.2 Å². The molecule has 1 amide bonds. The molecule has 0 aliphatic rings. The van der Waals surface area contributed by atoms with Crippen molar-refractivity contribution >= 4 is 28.4 Å². The van der Waals surface area contributed by atoms with Crippen molar-refractivity contribution in [1.29, 1.82) is 0 Å². The van der Waals surface area contributed by atoms with E-state index >= 15 is 4.39 Å².